The number of unbranched alkanes of at least 4 members (excludes halogenated alkanes) is 1. The molecule has 0 amide bonds. The number of likely N-dealkylation sites (N-methyl/N-ethyl adjacent to an activating group) is 1. The van der Waals surface area contributed by atoms with Crippen molar-refractivity contribution in [2.45, 2.75) is 32.4 Å². The number of ether oxygens (including phenoxy) is 1. The highest BCUT2D eigenvalue weighted by molar-refractivity contribution is 5.99. The molecule has 0 aliphatic carbocycles. The SMILES string of the molecule is CCCCN=C1N=C(N)NN(C)C1OCCCN(C)C. The van der Waals surface area contributed by atoms with Gasteiger partial charge in [0.25, 0.3) is 0 Å². The second-order valence-electron chi connectivity index (χ2n) is 5.19. The Hall–Kier alpha value is -1.18. The third-order valence-corrected chi connectivity index (χ3v) is 2.91. The summed E-state index contributed by atoms with van der Waals surface area (Å²) >= 11 is 0. The van der Waals surface area contributed by atoms with Crippen LogP contribution >= 0.6 is 0 Å². The summed E-state index contributed by atoms with van der Waals surface area (Å²) in [6.07, 6.45) is 2.85. The molecule has 1 heterocycles. The van der Waals surface area contributed by atoms with Crippen molar-refractivity contribution >= 4 is 11.8 Å². The Morgan fingerprint density at radius 2 is 2.20 bits per heavy atom. The molecule has 0 saturated carbocycles. The smallest absolute Gasteiger partial charge is 0.210 e. The van der Waals surface area contributed by atoms with Crippen molar-refractivity contribution < 1.29 is 4.74 Å². The molecule has 0 saturated heterocycles. The van der Waals surface area contributed by atoms with Crippen LogP contribution in [0.25, 0.3) is 0 Å². The van der Waals surface area contributed by atoms with Gasteiger partial charge in [0.05, 0.1) is 6.61 Å². The van der Waals surface area contributed by atoms with E-state index in [9.17, 15) is 0 Å². The van der Waals surface area contributed by atoms with Crippen LogP contribution in [0.5, 0.6) is 0 Å². The van der Waals surface area contributed by atoms with E-state index in [0.717, 1.165) is 32.4 Å². The maximum absolute atomic E-state index is 5.88. The Labute approximate surface area is 121 Å². The average Bonchev–Trinajstić information content (AvgIpc) is 2.36. The van der Waals surface area contributed by atoms with Crippen LogP contribution in [0.15, 0.2) is 9.98 Å². The number of guanidine groups is 1. The summed E-state index contributed by atoms with van der Waals surface area (Å²) in [4.78, 5) is 10.9. The van der Waals surface area contributed by atoms with E-state index in [-0.39, 0.29) is 6.23 Å². The topological polar surface area (TPSA) is 78.5 Å². The van der Waals surface area contributed by atoms with E-state index in [2.05, 4.69) is 41.3 Å². The van der Waals surface area contributed by atoms with Crippen LogP contribution in [-0.2, 0) is 4.74 Å². The molecule has 3 N–H and O–H groups in total. The zero-order valence-electron chi connectivity index (χ0n) is 13.1. The van der Waals surface area contributed by atoms with Gasteiger partial charge in [-0.25, -0.2) is 0 Å². The molecule has 7 heteroatoms. The molecular formula is C13H28N6O. The van der Waals surface area contributed by atoms with E-state index in [1.165, 1.54) is 0 Å². The first-order valence-electron chi connectivity index (χ1n) is 7.19. The molecule has 0 radical (unpaired) electrons. The molecule has 0 aromatic carbocycles. The lowest BCUT2D eigenvalue weighted by Crippen LogP contribution is -2.57. The largest absolute Gasteiger partial charge is 0.369 e. The second kappa shape index (κ2) is 8.89. The summed E-state index contributed by atoms with van der Waals surface area (Å²) in [5, 5.41) is 1.81. The van der Waals surface area contributed by atoms with Gasteiger partial charge in [-0.2, -0.15) is 10.0 Å². The van der Waals surface area contributed by atoms with Gasteiger partial charge < -0.3 is 15.4 Å². The van der Waals surface area contributed by atoms with E-state index < -0.39 is 0 Å². The fourth-order valence-corrected chi connectivity index (χ4v) is 1.84. The van der Waals surface area contributed by atoms with Gasteiger partial charge in [0, 0.05) is 13.6 Å². The maximum Gasteiger partial charge on any atom is 0.210 e. The van der Waals surface area contributed by atoms with Crippen LogP contribution in [0.1, 0.15) is 26.2 Å². The molecular weight excluding hydrogens is 256 g/mol. The number of nitrogens with zero attached hydrogens (tertiary/aromatic N) is 4. The van der Waals surface area contributed by atoms with E-state index in [1.54, 1.807) is 0 Å². The van der Waals surface area contributed by atoms with Gasteiger partial charge in [-0.15, -0.1) is 0 Å². The molecule has 1 atom stereocenters. The lowest BCUT2D eigenvalue weighted by molar-refractivity contribution is -0.0209. The molecule has 7 nitrogen and oxygen atoms in total. The van der Waals surface area contributed by atoms with E-state index in [4.69, 9.17) is 10.5 Å². The lowest BCUT2D eigenvalue weighted by Gasteiger charge is -2.32. The predicted molar refractivity (Wildman–Crippen MR) is 82.6 cm³/mol. The molecule has 1 unspecified atom stereocenters. The minimum absolute atomic E-state index is 0.277. The van der Waals surface area contributed by atoms with Crippen molar-refractivity contribution in [3.8, 4) is 0 Å². The first-order chi connectivity index (χ1) is 9.54. The number of nitrogens with one attached hydrogen (secondary N) is 1. The number of hydrogen-bond acceptors (Lipinski definition) is 6. The summed E-state index contributed by atoms with van der Waals surface area (Å²) in [7, 11) is 5.99. The zero-order valence-corrected chi connectivity index (χ0v) is 13.1. The van der Waals surface area contributed by atoms with Crippen LogP contribution < -0.4 is 11.2 Å². The normalized spacial score (nSPS) is 22.1. The van der Waals surface area contributed by atoms with Gasteiger partial charge >= 0.3 is 0 Å². The molecule has 0 spiro atoms. The van der Waals surface area contributed by atoms with E-state index >= 15 is 0 Å². The van der Waals surface area contributed by atoms with Gasteiger partial charge in [-0.1, -0.05) is 13.3 Å². The summed E-state index contributed by atoms with van der Waals surface area (Å²) in [6.45, 7) is 4.56. The fraction of sp³-hybridized carbons (Fsp3) is 0.846. The van der Waals surface area contributed by atoms with Crippen molar-refractivity contribution in [1.82, 2.24) is 15.3 Å². The Bertz CT molecular complexity index is 342. The summed E-state index contributed by atoms with van der Waals surface area (Å²) < 4.78 is 5.88. The van der Waals surface area contributed by atoms with Gasteiger partial charge in [-0.05, 0) is 33.5 Å². The van der Waals surface area contributed by atoms with Crippen molar-refractivity contribution in [3.05, 3.63) is 0 Å². The Kier molecular flexibility index (Phi) is 7.50. The fourth-order valence-electron chi connectivity index (χ4n) is 1.84. The molecule has 0 aromatic rings. The highest BCUT2D eigenvalue weighted by Gasteiger charge is 2.26. The Balaban J connectivity index is 2.56. The first kappa shape index (κ1) is 16.9. The first-order valence-corrected chi connectivity index (χ1v) is 7.19. The Morgan fingerprint density at radius 3 is 2.85 bits per heavy atom. The summed E-state index contributed by atoms with van der Waals surface area (Å²) in [5.41, 5.74) is 8.67. The number of hydrogen-bond donors (Lipinski definition) is 2. The molecule has 1 rings (SSSR count). The number of nitrogens with two attached hydrogens (primary N) is 1. The zero-order chi connectivity index (χ0) is 15.0. The minimum Gasteiger partial charge on any atom is -0.369 e. The third kappa shape index (κ3) is 5.85. The van der Waals surface area contributed by atoms with Crippen LogP contribution in [0.4, 0.5) is 0 Å². The molecule has 20 heavy (non-hydrogen) atoms. The van der Waals surface area contributed by atoms with E-state index in [1.807, 2.05) is 12.1 Å². The maximum atomic E-state index is 5.88. The minimum atomic E-state index is -0.277. The quantitative estimate of drug-likeness (QED) is 0.625. The summed E-state index contributed by atoms with van der Waals surface area (Å²) in [6, 6.07) is 0. The predicted octanol–water partition coefficient (Wildman–Crippen LogP) is 0.244. The van der Waals surface area contributed by atoms with Crippen LogP contribution in [0, 0.1) is 0 Å². The third-order valence-electron chi connectivity index (χ3n) is 2.91. The number of hydrazine groups is 1. The number of amidine groups is 1. The summed E-state index contributed by atoms with van der Waals surface area (Å²) in [5.74, 6) is 1.01. The monoisotopic (exact) mass is 284 g/mol. The molecule has 0 bridgehead atoms. The van der Waals surface area contributed by atoms with Gasteiger partial charge in [0.1, 0.15) is 0 Å². The van der Waals surface area contributed by atoms with E-state index in [0.29, 0.717) is 18.4 Å². The Morgan fingerprint density at radius 1 is 1.45 bits per heavy atom. The molecule has 1 aliphatic heterocycles. The van der Waals surface area contributed by atoms with Crippen molar-refractivity contribution in [1.29, 1.82) is 0 Å². The lowest BCUT2D eigenvalue weighted by atomic mass is 10.3. The highest BCUT2D eigenvalue weighted by atomic mass is 16.5. The number of aliphatic imine (C=N–C) groups is 2. The standard InChI is InChI=1S/C13H28N6O/c1-5-6-8-15-11-12(19(4)17-13(14)16-11)20-10-7-9-18(2)3/h12H,5-10H2,1-4H3,(H3,14,15,16,17). The van der Waals surface area contributed by atoms with Crippen LogP contribution in [0.2, 0.25) is 0 Å². The van der Waals surface area contributed by atoms with Crippen molar-refractivity contribution in [2.24, 2.45) is 15.7 Å². The molecule has 116 valence electrons. The van der Waals surface area contributed by atoms with Crippen LogP contribution in [0.3, 0.4) is 0 Å². The molecule has 1 aliphatic rings. The molecule has 0 aromatic heterocycles. The molecule has 0 fully saturated rings. The number of rotatable bonds is 8. The van der Waals surface area contributed by atoms with Crippen molar-refractivity contribution in [2.75, 3.05) is 40.8 Å². The average molecular weight is 284 g/mol. The van der Waals surface area contributed by atoms with Gasteiger partial charge in [0.15, 0.2) is 12.1 Å². The highest BCUT2D eigenvalue weighted by Crippen LogP contribution is 2.07. The van der Waals surface area contributed by atoms with Gasteiger partial charge in [0.2, 0.25) is 5.96 Å². The second-order valence-corrected chi connectivity index (χ2v) is 5.19. The van der Waals surface area contributed by atoms with Gasteiger partial charge in [-0.3, -0.25) is 10.4 Å². The van der Waals surface area contributed by atoms with Crippen LogP contribution in [-0.4, -0.2) is 68.8 Å². The van der Waals surface area contributed by atoms with Crippen molar-refractivity contribution in [3.63, 3.8) is 0 Å².